The van der Waals surface area contributed by atoms with Crippen molar-refractivity contribution in [2.45, 2.75) is 13.0 Å². The third-order valence-corrected chi connectivity index (χ3v) is 4.10. The Kier molecular flexibility index (Phi) is 6.04. The van der Waals surface area contributed by atoms with Gasteiger partial charge in [-0.2, -0.15) is 0 Å². The fourth-order valence-corrected chi connectivity index (χ4v) is 2.52. The molecule has 0 aliphatic heterocycles. The molecule has 0 unspecified atom stereocenters. The summed E-state index contributed by atoms with van der Waals surface area (Å²) in [7, 11) is 1.73. The summed E-state index contributed by atoms with van der Waals surface area (Å²) in [6.07, 6.45) is 5.71. The van der Waals surface area contributed by atoms with Gasteiger partial charge in [-0.15, -0.1) is 0 Å². The summed E-state index contributed by atoms with van der Waals surface area (Å²) in [5.74, 6) is -0.208. The van der Waals surface area contributed by atoms with Crippen molar-refractivity contribution in [1.82, 2.24) is 19.9 Å². The van der Waals surface area contributed by atoms with Crippen LogP contribution in [0, 0.1) is 5.82 Å². The molecule has 2 heterocycles. The first-order valence-corrected chi connectivity index (χ1v) is 8.58. The Bertz CT molecular complexity index is 904. The number of anilines is 1. The van der Waals surface area contributed by atoms with E-state index in [4.69, 9.17) is 0 Å². The van der Waals surface area contributed by atoms with Crippen LogP contribution in [0.4, 0.5) is 10.3 Å². The highest BCUT2D eigenvalue weighted by atomic mass is 19.1. The fraction of sp³-hybridized carbons (Fsp3) is 0.200. The summed E-state index contributed by atoms with van der Waals surface area (Å²) in [6.45, 7) is 0.799. The summed E-state index contributed by atoms with van der Waals surface area (Å²) < 4.78 is 13.7. The highest BCUT2D eigenvalue weighted by molar-refractivity contribution is 5.92. The minimum Gasteiger partial charge on any atom is -0.350 e. The van der Waals surface area contributed by atoms with Crippen LogP contribution >= 0.6 is 0 Å². The predicted octanol–water partition coefficient (Wildman–Crippen LogP) is 2.94. The minimum absolute atomic E-state index is 0.194. The maximum absolute atomic E-state index is 13.7. The fourth-order valence-electron chi connectivity index (χ4n) is 2.52. The molecule has 0 bridgehead atoms. The van der Waals surface area contributed by atoms with Crippen LogP contribution in [0.25, 0.3) is 0 Å². The number of rotatable bonds is 7. The van der Waals surface area contributed by atoms with Gasteiger partial charge in [-0.1, -0.05) is 18.2 Å². The molecule has 0 atom stereocenters. The second-order valence-corrected chi connectivity index (χ2v) is 6.04. The number of halogens is 1. The molecular weight excluding hydrogens is 345 g/mol. The first-order valence-electron chi connectivity index (χ1n) is 8.58. The Hall–Kier alpha value is -3.35. The van der Waals surface area contributed by atoms with Crippen LogP contribution in [0.5, 0.6) is 0 Å². The van der Waals surface area contributed by atoms with E-state index in [0.29, 0.717) is 17.8 Å². The number of likely N-dealkylation sites (N-methyl/N-ethyl adjacent to an activating group) is 1. The Morgan fingerprint density at radius 2 is 1.89 bits per heavy atom. The number of hydrogen-bond donors (Lipinski definition) is 1. The van der Waals surface area contributed by atoms with Crippen molar-refractivity contribution in [3.8, 4) is 0 Å². The quantitative estimate of drug-likeness (QED) is 0.697. The van der Waals surface area contributed by atoms with Gasteiger partial charge in [0.05, 0.1) is 0 Å². The van der Waals surface area contributed by atoms with Crippen LogP contribution in [0.15, 0.2) is 61.1 Å². The van der Waals surface area contributed by atoms with Crippen LogP contribution < -0.4 is 5.32 Å². The number of hydrogen-bond acceptors (Lipinski definition) is 5. The second kappa shape index (κ2) is 8.84. The van der Waals surface area contributed by atoms with Crippen LogP contribution in [0.3, 0.4) is 0 Å². The topological polar surface area (TPSA) is 71.0 Å². The monoisotopic (exact) mass is 365 g/mol. The van der Waals surface area contributed by atoms with Gasteiger partial charge in [-0.3, -0.25) is 9.78 Å². The van der Waals surface area contributed by atoms with Gasteiger partial charge >= 0.3 is 0 Å². The smallest absolute Gasteiger partial charge is 0.272 e. The Labute approximate surface area is 157 Å². The van der Waals surface area contributed by atoms with Crippen LogP contribution in [0.1, 0.15) is 21.6 Å². The first kappa shape index (κ1) is 18.4. The highest BCUT2D eigenvalue weighted by Crippen LogP contribution is 2.10. The summed E-state index contributed by atoms with van der Waals surface area (Å²) in [5, 5.41) is 2.95. The molecule has 0 radical (unpaired) electrons. The molecule has 6 nitrogen and oxygen atoms in total. The predicted molar refractivity (Wildman–Crippen MR) is 101 cm³/mol. The lowest BCUT2D eigenvalue weighted by Crippen LogP contribution is -2.29. The van der Waals surface area contributed by atoms with E-state index in [9.17, 15) is 9.18 Å². The van der Waals surface area contributed by atoms with Crippen molar-refractivity contribution < 1.29 is 9.18 Å². The summed E-state index contributed by atoms with van der Waals surface area (Å²) >= 11 is 0. The van der Waals surface area contributed by atoms with Gasteiger partial charge in [-0.05, 0) is 36.2 Å². The molecule has 3 rings (SSSR count). The normalized spacial score (nSPS) is 10.4. The molecule has 0 saturated carbocycles. The lowest BCUT2D eigenvalue weighted by Gasteiger charge is -2.17. The summed E-state index contributed by atoms with van der Waals surface area (Å²) in [4.78, 5) is 26.5. The standard InChI is InChI=1S/C20H20FN5O/c1-26(13-9-15-6-10-22-11-7-15)19(27)18-8-12-23-20(25-18)24-14-16-4-2-3-5-17(16)21/h2-8,10-12H,9,13-14H2,1H3,(H,23,24,25). The zero-order valence-corrected chi connectivity index (χ0v) is 15.0. The summed E-state index contributed by atoms with van der Waals surface area (Å²) in [6, 6.07) is 11.9. The van der Waals surface area contributed by atoms with E-state index in [-0.39, 0.29) is 24.2 Å². The largest absolute Gasteiger partial charge is 0.350 e. The Morgan fingerprint density at radius 1 is 1.11 bits per heavy atom. The number of nitrogens with one attached hydrogen (secondary N) is 1. The molecular formula is C20H20FN5O. The third kappa shape index (κ3) is 5.07. The van der Waals surface area contributed by atoms with E-state index in [0.717, 1.165) is 12.0 Å². The lowest BCUT2D eigenvalue weighted by molar-refractivity contribution is 0.0791. The van der Waals surface area contributed by atoms with Crippen LogP contribution in [-0.4, -0.2) is 39.4 Å². The minimum atomic E-state index is -0.298. The average molecular weight is 365 g/mol. The molecule has 0 saturated heterocycles. The molecule has 7 heteroatoms. The van der Waals surface area contributed by atoms with E-state index < -0.39 is 0 Å². The van der Waals surface area contributed by atoms with Crippen LogP contribution in [-0.2, 0) is 13.0 Å². The van der Waals surface area contributed by atoms with E-state index in [1.807, 2.05) is 12.1 Å². The van der Waals surface area contributed by atoms with E-state index in [1.54, 1.807) is 48.6 Å². The SMILES string of the molecule is CN(CCc1ccncc1)C(=O)c1ccnc(NCc2ccccc2F)n1. The number of carbonyl (C=O) groups is 1. The molecule has 2 aromatic heterocycles. The number of aromatic nitrogens is 3. The molecule has 138 valence electrons. The number of nitrogens with zero attached hydrogens (tertiary/aromatic N) is 4. The molecule has 3 aromatic rings. The number of benzene rings is 1. The number of carbonyl (C=O) groups excluding carboxylic acids is 1. The van der Waals surface area contributed by atoms with Gasteiger partial charge in [0.15, 0.2) is 0 Å². The molecule has 1 aromatic carbocycles. The molecule has 0 spiro atoms. The highest BCUT2D eigenvalue weighted by Gasteiger charge is 2.14. The molecule has 0 aliphatic carbocycles. The molecule has 1 N–H and O–H groups in total. The Balaban J connectivity index is 1.60. The zero-order valence-electron chi connectivity index (χ0n) is 15.0. The van der Waals surface area contributed by atoms with Crippen molar-refractivity contribution in [2.75, 3.05) is 18.9 Å². The maximum atomic E-state index is 13.7. The molecule has 0 fully saturated rings. The lowest BCUT2D eigenvalue weighted by atomic mass is 10.2. The zero-order chi connectivity index (χ0) is 19.1. The van der Waals surface area contributed by atoms with Crippen molar-refractivity contribution in [3.63, 3.8) is 0 Å². The van der Waals surface area contributed by atoms with Gasteiger partial charge in [-0.25, -0.2) is 14.4 Å². The molecule has 27 heavy (non-hydrogen) atoms. The van der Waals surface area contributed by atoms with Gasteiger partial charge in [0.2, 0.25) is 5.95 Å². The first-order chi connectivity index (χ1) is 13.1. The maximum Gasteiger partial charge on any atom is 0.272 e. The van der Waals surface area contributed by atoms with E-state index in [1.165, 1.54) is 12.3 Å². The van der Waals surface area contributed by atoms with E-state index in [2.05, 4.69) is 20.3 Å². The second-order valence-electron chi connectivity index (χ2n) is 6.04. The number of amides is 1. The van der Waals surface area contributed by atoms with Gasteiger partial charge in [0.25, 0.3) is 5.91 Å². The number of pyridine rings is 1. The van der Waals surface area contributed by atoms with Gasteiger partial charge in [0.1, 0.15) is 11.5 Å². The third-order valence-electron chi connectivity index (χ3n) is 4.10. The van der Waals surface area contributed by atoms with Gasteiger partial charge < -0.3 is 10.2 Å². The molecule has 0 aliphatic rings. The Morgan fingerprint density at radius 3 is 2.67 bits per heavy atom. The van der Waals surface area contributed by atoms with E-state index >= 15 is 0 Å². The van der Waals surface area contributed by atoms with Crippen molar-refractivity contribution >= 4 is 11.9 Å². The van der Waals surface area contributed by atoms with Crippen molar-refractivity contribution in [1.29, 1.82) is 0 Å². The van der Waals surface area contributed by atoms with Gasteiger partial charge in [0, 0.05) is 44.3 Å². The van der Waals surface area contributed by atoms with Crippen molar-refractivity contribution in [2.24, 2.45) is 0 Å². The summed E-state index contributed by atoms with van der Waals surface area (Å²) in [5.41, 5.74) is 1.91. The molecule has 1 amide bonds. The van der Waals surface area contributed by atoms with Crippen LogP contribution in [0.2, 0.25) is 0 Å². The van der Waals surface area contributed by atoms with Crippen molar-refractivity contribution in [3.05, 3.63) is 83.7 Å². The average Bonchev–Trinajstić information content (AvgIpc) is 2.72.